The average molecular weight is 220 g/mol. The topological polar surface area (TPSA) is 49.3 Å². The molecule has 1 heterocycles. The van der Waals surface area contributed by atoms with Crippen LogP contribution in [0.2, 0.25) is 0 Å². The molecule has 0 aromatic carbocycles. The van der Waals surface area contributed by atoms with E-state index < -0.39 is 5.97 Å². The maximum Gasteiger partial charge on any atom is 0.320 e. The number of hydrogen-bond acceptors (Lipinski definition) is 2. The molecule has 1 saturated carbocycles. The van der Waals surface area contributed by atoms with E-state index >= 15 is 0 Å². The van der Waals surface area contributed by atoms with Crippen LogP contribution in [-0.2, 0) is 4.79 Å². The van der Waals surface area contributed by atoms with E-state index in [9.17, 15) is 4.79 Å². The van der Waals surface area contributed by atoms with Crippen LogP contribution in [0.3, 0.4) is 0 Å². The molecule has 1 aliphatic heterocycles. The molecule has 2 rings (SSSR count). The Balaban J connectivity index is 0.000000980. The van der Waals surface area contributed by atoms with Crippen molar-refractivity contribution in [3.63, 3.8) is 0 Å². The van der Waals surface area contributed by atoms with E-state index in [4.69, 9.17) is 5.11 Å². The number of hydrogen-bond donors (Lipinski definition) is 2. The summed E-state index contributed by atoms with van der Waals surface area (Å²) in [7, 11) is 0. The van der Waals surface area contributed by atoms with Crippen LogP contribution in [0.25, 0.3) is 0 Å². The van der Waals surface area contributed by atoms with Crippen molar-refractivity contribution in [2.75, 3.05) is 6.54 Å². The van der Waals surface area contributed by atoms with Crippen molar-refractivity contribution in [3.05, 3.63) is 0 Å². The molecule has 0 aromatic heterocycles. The minimum atomic E-state index is -0.680. The molecule has 3 nitrogen and oxygen atoms in total. The quantitative estimate of drug-likeness (QED) is 0.743. The third-order valence-corrected chi connectivity index (χ3v) is 3.53. The standard InChI is InChI=1S/C10H17NO2.ClH/c12-10(13)9-5-8(6-11-9)7-3-1-2-4-7;/h7-9,11H,1-6H2,(H,12,13);1H. The van der Waals surface area contributed by atoms with Gasteiger partial charge in [-0.3, -0.25) is 4.79 Å². The normalized spacial score (nSPS) is 32.9. The average Bonchev–Trinajstić information content (AvgIpc) is 2.75. The first-order valence-electron chi connectivity index (χ1n) is 5.23. The highest BCUT2D eigenvalue weighted by molar-refractivity contribution is 5.85. The molecule has 0 spiro atoms. The molecule has 0 amide bonds. The van der Waals surface area contributed by atoms with Gasteiger partial charge in [-0.2, -0.15) is 0 Å². The van der Waals surface area contributed by atoms with Gasteiger partial charge in [0.25, 0.3) is 0 Å². The fourth-order valence-electron chi connectivity index (χ4n) is 2.74. The molecule has 4 heteroatoms. The number of carboxylic acid groups (broad SMARTS) is 1. The van der Waals surface area contributed by atoms with Crippen molar-refractivity contribution in [2.24, 2.45) is 11.8 Å². The highest BCUT2D eigenvalue weighted by Crippen LogP contribution is 2.35. The lowest BCUT2D eigenvalue weighted by molar-refractivity contribution is -0.139. The van der Waals surface area contributed by atoms with Gasteiger partial charge in [0.2, 0.25) is 0 Å². The van der Waals surface area contributed by atoms with Gasteiger partial charge in [0, 0.05) is 0 Å². The molecule has 0 radical (unpaired) electrons. The van der Waals surface area contributed by atoms with Crippen LogP contribution in [0.5, 0.6) is 0 Å². The molecule has 2 unspecified atom stereocenters. The van der Waals surface area contributed by atoms with E-state index in [0.717, 1.165) is 18.9 Å². The van der Waals surface area contributed by atoms with Gasteiger partial charge < -0.3 is 10.4 Å². The summed E-state index contributed by atoms with van der Waals surface area (Å²) in [5, 5.41) is 11.9. The summed E-state index contributed by atoms with van der Waals surface area (Å²) >= 11 is 0. The fourth-order valence-corrected chi connectivity index (χ4v) is 2.74. The second-order valence-corrected chi connectivity index (χ2v) is 4.34. The molecule has 2 fully saturated rings. The third kappa shape index (κ3) is 2.39. The Bertz CT molecular complexity index is 204. The SMILES string of the molecule is Cl.O=C(O)C1CC(C2CCCC2)CN1. The van der Waals surface area contributed by atoms with Crippen molar-refractivity contribution in [2.45, 2.75) is 38.1 Å². The van der Waals surface area contributed by atoms with E-state index in [2.05, 4.69) is 5.32 Å². The lowest BCUT2D eigenvalue weighted by Crippen LogP contribution is -2.29. The summed E-state index contributed by atoms with van der Waals surface area (Å²) in [5.74, 6) is 0.751. The van der Waals surface area contributed by atoms with Crippen molar-refractivity contribution in [1.29, 1.82) is 0 Å². The van der Waals surface area contributed by atoms with Crippen molar-refractivity contribution in [3.8, 4) is 0 Å². The van der Waals surface area contributed by atoms with Gasteiger partial charge in [0.05, 0.1) is 0 Å². The molecule has 0 bridgehead atoms. The predicted octanol–water partition coefficient (Wildman–Crippen LogP) is 1.66. The predicted molar refractivity (Wildman–Crippen MR) is 56.7 cm³/mol. The van der Waals surface area contributed by atoms with Gasteiger partial charge in [-0.15, -0.1) is 12.4 Å². The van der Waals surface area contributed by atoms with Crippen molar-refractivity contribution >= 4 is 18.4 Å². The van der Waals surface area contributed by atoms with E-state index in [1.165, 1.54) is 25.7 Å². The van der Waals surface area contributed by atoms with Crippen LogP contribution < -0.4 is 5.32 Å². The van der Waals surface area contributed by atoms with Crippen LogP contribution >= 0.6 is 12.4 Å². The molecule has 82 valence electrons. The number of halogens is 1. The first kappa shape index (κ1) is 11.8. The van der Waals surface area contributed by atoms with Crippen LogP contribution in [0, 0.1) is 11.8 Å². The Labute approximate surface area is 90.7 Å². The van der Waals surface area contributed by atoms with Crippen LogP contribution in [-0.4, -0.2) is 23.7 Å². The van der Waals surface area contributed by atoms with Gasteiger partial charge in [0.1, 0.15) is 6.04 Å². The van der Waals surface area contributed by atoms with Gasteiger partial charge in [-0.25, -0.2) is 0 Å². The number of aliphatic carboxylic acids is 1. The highest BCUT2D eigenvalue weighted by Gasteiger charge is 2.34. The molecule has 2 atom stereocenters. The Kier molecular flexibility index (Phi) is 4.20. The molecule has 2 N–H and O–H groups in total. The summed E-state index contributed by atoms with van der Waals surface area (Å²) in [6.45, 7) is 0.918. The summed E-state index contributed by atoms with van der Waals surface area (Å²) in [6, 6.07) is -0.273. The Hall–Kier alpha value is -0.280. The molecule has 2 aliphatic rings. The van der Waals surface area contributed by atoms with Crippen molar-refractivity contribution in [1.82, 2.24) is 5.32 Å². The maximum absolute atomic E-state index is 10.7. The van der Waals surface area contributed by atoms with Gasteiger partial charge in [0.15, 0.2) is 0 Å². The van der Waals surface area contributed by atoms with E-state index in [-0.39, 0.29) is 18.4 Å². The van der Waals surface area contributed by atoms with E-state index in [0.29, 0.717) is 5.92 Å². The molecule has 0 aromatic rings. The Morgan fingerprint density at radius 3 is 2.36 bits per heavy atom. The van der Waals surface area contributed by atoms with E-state index in [1.807, 2.05) is 0 Å². The molecule has 14 heavy (non-hydrogen) atoms. The Morgan fingerprint density at radius 1 is 1.21 bits per heavy atom. The maximum atomic E-state index is 10.7. The van der Waals surface area contributed by atoms with Crippen LogP contribution in [0.4, 0.5) is 0 Å². The molecular weight excluding hydrogens is 202 g/mol. The van der Waals surface area contributed by atoms with E-state index in [1.54, 1.807) is 0 Å². The number of nitrogens with one attached hydrogen (secondary N) is 1. The lowest BCUT2D eigenvalue weighted by Gasteiger charge is -2.15. The molecule has 1 saturated heterocycles. The second kappa shape index (κ2) is 4.99. The number of carboxylic acids is 1. The second-order valence-electron chi connectivity index (χ2n) is 4.34. The zero-order valence-electron chi connectivity index (χ0n) is 8.24. The molecular formula is C10H18ClNO2. The van der Waals surface area contributed by atoms with Crippen LogP contribution in [0.1, 0.15) is 32.1 Å². The summed E-state index contributed by atoms with van der Waals surface area (Å²) < 4.78 is 0. The minimum Gasteiger partial charge on any atom is -0.480 e. The first-order chi connectivity index (χ1) is 6.27. The first-order valence-corrected chi connectivity index (χ1v) is 5.23. The fraction of sp³-hybridized carbons (Fsp3) is 0.900. The highest BCUT2D eigenvalue weighted by atomic mass is 35.5. The third-order valence-electron chi connectivity index (χ3n) is 3.53. The van der Waals surface area contributed by atoms with Gasteiger partial charge >= 0.3 is 5.97 Å². The summed E-state index contributed by atoms with van der Waals surface area (Å²) in [6.07, 6.45) is 6.18. The van der Waals surface area contributed by atoms with Gasteiger partial charge in [-0.1, -0.05) is 25.7 Å². The molecule has 1 aliphatic carbocycles. The Morgan fingerprint density at radius 2 is 1.86 bits per heavy atom. The zero-order valence-corrected chi connectivity index (χ0v) is 9.05. The smallest absolute Gasteiger partial charge is 0.320 e. The van der Waals surface area contributed by atoms with Crippen molar-refractivity contribution < 1.29 is 9.90 Å². The number of rotatable bonds is 2. The largest absolute Gasteiger partial charge is 0.480 e. The number of carbonyl (C=O) groups is 1. The summed E-state index contributed by atoms with van der Waals surface area (Å²) in [5.41, 5.74) is 0. The zero-order chi connectivity index (χ0) is 9.26. The lowest BCUT2D eigenvalue weighted by atomic mass is 9.89. The van der Waals surface area contributed by atoms with Gasteiger partial charge in [-0.05, 0) is 24.8 Å². The van der Waals surface area contributed by atoms with Crippen LogP contribution in [0.15, 0.2) is 0 Å². The minimum absolute atomic E-state index is 0. The summed E-state index contributed by atoms with van der Waals surface area (Å²) in [4.78, 5) is 10.7. The monoisotopic (exact) mass is 219 g/mol.